The molecule has 0 aliphatic rings. The molecule has 3 nitrogen and oxygen atoms in total. The monoisotopic (exact) mass is 268 g/mol. The van der Waals surface area contributed by atoms with E-state index in [4.69, 9.17) is 11.6 Å². The Kier molecular flexibility index (Phi) is 3.99. The number of halogens is 2. The van der Waals surface area contributed by atoms with Crippen LogP contribution in [0.4, 0.5) is 4.39 Å². The lowest BCUT2D eigenvalue weighted by Gasteiger charge is -2.10. The summed E-state index contributed by atoms with van der Waals surface area (Å²) in [4.78, 5) is 0. The highest BCUT2D eigenvalue weighted by molar-refractivity contribution is 6.32. The maximum atomic E-state index is 13.9. The van der Waals surface area contributed by atoms with Crippen molar-refractivity contribution < 1.29 is 9.50 Å². The van der Waals surface area contributed by atoms with E-state index in [9.17, 15) is 9.50 Å². The van der Waals surface area contributed by atoms with Gasteiger partial charge in [0.2, 0.25) is 0 Å². The number of rotatable bonds is 4. The highest BCUT2D eigenvalue weighted by atomic mass is 35.5. The number of aliphatic hydroxyl groups excluding tert-OH is 1. The third-order valence-corrected chi connectivity index (χ3v) is 3.07. The van der Waals surface area contributed by atoms with E-state index in [1.165, 1.54) is 10.7 Å². The number of aromatic nitrogens is 2. The van der Waals surface area contributed by atoms with Gasteiger partial charge >= 0.3 is 0 Å². The topological polar surface area (TPSA) is 38.1 Å². The number of para-hydroxylation sites is 1. The molecule has 0 saturated heterocycles. The number of aliphatic hydroxyl groups is 1. The van der Waals surface area contributed by atoms with Crippen molar-refractivity contribution >= 4 is 11.6 Å². The quantitative estimate of drug-likeness (QED) is 0.925. The summed E-state index contributed by atoms with van der Waals surface area (Å²) < 4.78 is 15.3. The first-order valence-electron chi connectivity index (χ1n) is 5.80. The van der Waals surface area contributed by atoms with Crippen LogP contribution in [0.25, 0.3) is 5.69 Å². The second-order valence-corrected chi connectivity index (χ2v) is 4.41. The Hall–Kier alpha value is -1.39. The molecule has 0 saturated carbocycles. The minimum absolute atomic E-state index is 0.110. The maximum absolute atomic E-state index is 13.9. The fourth-order valence-corrected chi connectivity index (χ4v) is 2.17. The molecule has 1 aromatic heterocycles. The van der Waals surface area contributed by atoms with Crippen molar-refractivity contribution in [2.45, 2.75) is 26.4 Å². The Morgan fingerprint density at radius 2 is 2.22 bits per heavy atom. The second kappa shape index (κ2) is 5.50. The van der Waals surface area contributed by atoms with Crippen LogP contribution in [0, 0.1) is 5.82 Å². The molecule has 0 aliphatic heterocycles. The molecule has 0 aliphatic carbocycles. The van der Waals surface area contributed by atoms with E-state index < -0.39 is 5.82 Å². The fourth-order valence-electron chi connectivity index (χ4n) is 1.93. The molecule has 5 heteroatoms. The van der Waals surface area contributed by atoms with Crippen molar-refractivity contribution in [2.24, 2.45) is 0 Å². The summed E-state index contributed by atoms with van der Waals surface area (Å²) in [6.07, 6.45) is 3.14. The highest BCUT2D eigenvalue weighted by Crippen LogP contribution is 2.26. The third kappa shape index (κ3) is 2.26. The van der Waals surface area contributed by atoms with Crippen LogP contribution >= 0.6 is 11.6 Å². The van der Waals surface area contributed by atoms with Gasteiger partial charge in [0.25, 0.3) is 0 Å². The smallest absolute Gasteiger partial charge is 0.150 e. The lowest BCUT2D eigenvalue weighted by molar-refractivity contribution is 0.280. The van der Waals surface area contributed by atoms with Gasteiger partial charge in [-0.25, -0.2) is 9.07 Å². The first-order chi connectivity index (χ1) is 8.69. The van der Waals surface area contributed by atoms with Crippen molar-refractivity contribution in [3.8, 4) is 5.69 Å². The van der Waals surface area contributed by atoms with Gasteiger partial charge in [0.15, 0.2) is 0 Å². The highest BCUT2D eigenvalue weighted by Gasteiger charge is 2.16. The van der Waals surface area contributed by atoms with Gasteiger partial charge in [-0.15, -0.1) is 0 Å². The molecule has 0 unspecified atom stereocenters. The summed E-state index contributed by atoms with van der Waals surface area (Å²) in [5, 5.41) is 13.7. The molecule has 96 valence electrons. The van der Waals surface area contributed by atoms with Crippen LogP contribution in [0.15, 0.2) is 24.4 Å². The summed E-state index contributed by atoms with van der Waals surface area (Å²) in [6.45, 7) is 1.91. The van der Waals surface area contributed by atoms with Crippen LogP contribution in [0.3, 0.4) is 0 Å². The molecule has 0 radical (unpaired) electrons. The van der Waals surface area contributed by atoms with E-state index in [2.05, 4.69) is 5.10 Å². The molecule has 0 fully saturated rings. The summed E-state index contributed by atoms with van der Waals surface area (Å²) in [6, 6.07) is 4.52. The first-order valence-corrected chi connectivity index (χ1v) is 6.17. The van der Waals surface area contributed by atoms with Crippen LogP contribution in [0.1, 0.15) is 24.6 Å². The van der Waals surface area contributed by atoms with Gasteiger partial charge < -0.3 is 5.11 Å². The standard InChI is InChI=1S/C13H14ClFN2O/c1-2-4-12-9(8-18)7-16-17(12)13-10(14)5-3-6-11(13)15/h3,5-7,18H,2,4,8H2,1H3. The summed E-state index contributed by atoms with van der Waals surface area (Å²) in [7, 11) is 0. The summed E-state index contributed by atoms with van der Waals surface area (Å²) in [5.74, 6) is -0.424. The second-order valence-electron chi connectivity index (χ2n) is 4.01. The van der Waals surface area contributed by atoms with Gasteiger partial charge in [0.05, 0.1) is 17.8 Å². The van der Waals surface area contributed by atoms with E-state index in [0.717, 1.165) is 12.1 Å². The lowest BCUT2D eigenvalue weighted by Crippen LogP contribution is -2.06. The third-order valence-electron chi connectivity index (χ3n) is 2.76. The van der Waals surface area contributed by atoms with E-state index in [1.54, 1.807) is 18.3 Å². The number of nitrogens with zero attached hydrogens (tertiary/aromatic N) is 2. The fraction of sp³-hybridized carbons (Fsp3) is 0.308. The van der Waals surface area contributed by atoms with Crippen molar-refractivity contribution in [3.63, 3.8) is 0 Å². The first kappa shape index (κ1) is 13.1. The minimum Gasteiger partial charge on any atom is -0.392 e. The zero-order valence-corrected chi connectivity index (χ0v) is 10.8. The van der Waals surface area contributed by atoms with Crippen molar-refractivity contribution in [2.75, 3.05) is 0 Å². The predicted molar refractivity (Wildman–Crippen MR) is 68.4 cm³/mol. The number of benzene rings is 1. The molecule has 2 aromatic rings. The molecular weight excluding hydrogens is 255 g/mol. The maximum Gasteiger partial charge on any atom is 0.150 e. The van der Waals surface area contributed by atoms with Gasteiger partial charge in [-0.2, -0.15) is 5.10 Å². The largest absolute Gasteiger partial charge is 0.392 e. The van der Waals surface area contributed by atoms with E-state index in [1.807, 2.05) is 6.92 Å². The molecule has 1 N–H and O–H groups in total. The Morgan fingerprint density at radius 1 is 1.44 bits per heavy atom. The summed E-state index contributed by atoms with van der Waals surface area (Å²) >= 11 is 6.03. The number of hydrogen-bond acceptors (Lipinski definition) is 2. The Morgan fingerprint density at radius 3 is 2.83 bits per heavy atom. The summed E-state index contributed by atoms with van der Waals surface area (Å²) in [5.41, 5.74) is 1.74. The lowest BCUT2D eigenvalue weighted by atomic mass is 10.1. The van der Waals surface area contributed by atoms with Crippen molar-refractivity contribution in [3.05, 3.63) is 46.5 Å². The van der Waals surface area contributed by atoms with Gasteiger partial charge in [-0.1, -0.05) is 31.0 Å². The van der Waals surface area contributed by atoms with Gasteiger partial charge in [0, 0.05) is 11.3 Å². The van der Waals surface area contributed by atoms with Crippen molar-refractivity contribution in [1.82, 2.24) is 9.78 Å². The average Bonchev–Trinajstić information content (AvgIpc) is 2.73. The van der Waals surface area contributed by atoms with Crippen LogP contribution in [-0.4, -0.2) is 14.9 Å². The zero-order chi connectivity index (χ0) is 13.1. The van der Waals surface area contributed by atoms with Gasteiger partial charge in [-0.3, -0.25) is 0 Å². The van der Waals surface area contributed by atoms with E-state index >= 15 is 0 Å². The molecule has 0 amide bonds. The molecular formula is C13H14ClFN2O. The van der Waals surface area contributed by atoms with Crippen LogP contribution in [-0.2, 0) is 13.0 Å². The van der Waals surface area contributed by atoms with Gasteiger partial charge in [0.1, 0.15) is 11.5 Å². The van der Waals surface area contributed by atoms with Crippen LogP contribution in [0.2, 0.25) is 5.02 Å². The van der Waals surface area contributed by atoms with Gasteiger partial charge in [-0.05, 0) is 18.6 Å². The molecule has 0 bridgehead atoms. The molecule has 1 aromatic carbocycles. The normalized spacial score (nSPS) is 10.9. The minimum atomic E-state index is -0.424. The molecule has 0 spiro atoms. The zero-order valence-electron chi connectivity index (χ0n) is 10.0. The van der Waals surface area contributed by atoms with Crippen LogP contribution in [0.5, 0.6) is 0 Å². The Labute approximate surface area is 110 Å². The predicted octanol–water partition coefficient (Wildman–Crippen LogP) is 3.11. The molecule has 2 rings (SSSR count). The number of hydrogen-bond donors (Lipinski definition) is 1. The SMILES string of the molecule is CCCc1c(CO)cnn1-c1c(F)cccc1Cl. The Balaban J connectivity index is 2.60. The molecule has 18 heavy (non-hydrogen) atoms. The average molecular weight is 269 g/mol. The Bertz CT molecular complexity index is 534. The van der Waals surface area contributed by atoms with Crippen LogP contribution < -0.4 is 0 Å². The van der Waals surface area contributed by atoms with E-state index in [-0.39, 0.29) is 12.3 Å². The van der Waals surface area contributed by atoms with Crippen molar-refractivity contribution in [1.29, 1.82) is 0 Å². The van der Waals surface area contributed by atoms with E-state index in [0.29, 0.717) is 17.0 Å². The molecule has 1 heterocycles. The molecule has 0 atom stereocenters.